The first-order valence-corrected chi connectivity index (χ1v) is 8.05. The van der Waals surface area contributed by atoms with Gasteiger partial charge in [-0.15, -0.1) is 0 Å². The van der Waals surface area contributed by atoms with Crippen molar-refractivity contribution in [3.05, 3.63) is 52.1 Å². The number of rotatable bonds is 2. The molecule has 2 nitrogen and oxygen atoms in total. The van der Waals surface area contributed by atoms with E-state index in [0.717, 1.165) is 33.9 Å². The van der Waals surface area contributed by atoms with Crippen LogP contribution in [0, 0.1) is 0 Å². The number of hydrogen-bond donors (Lipinski definition) is 1. The van der Waals surface area contributed by atoms with Crippen LogP contribution >= 0.6 is 15.9 Å². The summed E-state index contributed by atoms with van der Waals surface area (Å²) < 4.78 is 1.01. The monoisotopic (exact) mass is 330 g/mol. The number of aromatic nitrogens is 1. The van der Waals surface area contributed by atoms with E-state index >= 15 is 0 Å². The first-order valence-electron chi connectivity index (χ1n) is 7.25. The molecule has 1 aliphatic rings. The van der Waals surface area contributed by atoms with E-state index in [2.05, 4.69) is 34.1 Å². The van der Waals surface area contributed by atoms with Crippen LogP contribution in [0.3, 0.4) is 0 Å². The summed E-state index contributed by atoms with van der Waals surface area (Å²) in [6, 6.07) is 10.2. The van der Waals surface area contributed by atoms with Crippen molar-refractivity contribution in [1.29, 1.82) is 0 Å². The number of pyridine rings is 1. The maximum atomic E-state index is 6.47. The van der Waals surface area contributed by atoms with Crippen LogP contribution in [-0.2, 0) is 0 Å². The zero-order valence-corrected chi connectivity index (χ0v) is 13.1. The minimum absolute atomic E-state index is 0.0907. The highest BCUT2D eigenvalue weighted by Crippen LogP contribution is 2.32. The van der Waals surface area contributed by atoms with Gasteiger partial charge in [0.15, 0.2) is 0 Å². The van der Waals surface area contributed by atoms with Crippen LogP contribution in [0.2, 0.25) is 0 Å². The molecule has 0 bridgehead atoms. The fraction of sp³-hybridized carbons (Fsp3) is 0.353. The first kappa shape index (κ1) is 13.8. The molecule has 0 spiro atoms. The number of nitrogens with two attached hydrogens (primary N) is 1. The molecule has 3 heteroatoms. The van der Waals surface area contributed by atoms with E-state index in [9.17, 15) is 0 Å². The van der Waals surface area contributed by atoms with Crippen molar-refractivity contribution in [1.82, 2.24) is 4.98 Å². The highest BCUT2D eigenvalue weighted by atomic mass is 79.9. The maximum absolute atomic E-state index is 6.47. The fourth-order valence-electron chi connectivity index (χ4n) is 2.82. The summed E-state index contributed by atoms with van der Waals surface area (Å²) in [7, 11) is 0. The van der Waals surface area contributed by atoms with E-state index in [4.69, 9.17) is 10.7 Å². The average molecular weight is 331 g/mol. The minimum atomic E-state index is -0.0907. The molecule has 0 amide bonds. The molecular weight excluding hydrogens is 312 g/mol. The predicted molar refractivity (Wildman–Crippen MR) is 87.5 cm³/mol. The molecule has 0 fully saturated rings. The van der Waals surface area contributed by atoms with Crippen molar-refractivity contribution in [2.75, 3.05) is 0 Å². The molecule has 1 heterocycles. The van der Waals surface area contributed by atoms with Crippen molar-refractivity contribution in [3.63, 3.8) is 0 Å². The van der Waals surface area contributed by atoms with E-state index in [0.29, 0.717) is 0 Å². The summed E-state index contributed by atoms with van der Waals surface area (Å²) in [4.78, 5) is 4.77. The van der Waals surface area contributed by atoms with Crippen LogP contribution in [0.1, 0.15) is 43.8 Å². The number of fused-ring (bicyclic) bond motifs is 1. The average Bonchev–Trinajstić information content (AvgIpc) is 2.75. The van der Waals surface area contributed by atoms with Crippen molar-refractivity contribution in [2.45, 2.75) is 38.1 Å². The molecule has 1 aliphatic carbocycles. The number of benzene rings is 1. The molecule has 1 aromatic carbocycles. The van der Waals surface area contributed by atoms with E-state index in [1.54, 1.807) is 0 Å². The number of allylic oxidation sites excluding steroid dienone is 1. The summed E-state index contributed by atoms with van der Waals surface area (Å²) in [5.41, 5.74) is 9.77. The van der Waals surface area contributed by atoms with Gasteiger partial charge in [0.05, 0.1) is 17.3 Å². The smallest absolute Gasteiger partial charge is 0.0762 e. The van der Waals surface area contributed by atoms with E-state index in [-0.39, 0.29) is 6.04 Å². The summed E-state index contributed by atoms with van der Waals surface area (Å²) >= 11 is 3.63. The molecule has 1 atom stereocenters. The van der Waals surface area contributed by atoms with Crippen LogP contribution in [-0.4, -0.2) is 4.98 Å². The molecule has 2 aromatic rings. The lowest BCUT2D eigenvalue weighted by Crippen LogP contribution is -2.15. The fourth-order valence-corrected chi connectivity index (χ4v) is 3.40. The molecule has 0 saturated carbocycles. The predicted octanol–water partition coefficient (Wildman–Crippen LogP) is 4.89. The van der Waals surface area contributed by atoms with Gasteiger partial charge in [-0.1, -0.05) is 36.3 Å². The third kappa shape index (κ3) is 2.79. The summed E-state index contributed by atoms with van der Waals surface area (Å²) in [5.74, 6) is 0. The Bertz CT molecular complexity index is 648. The second-order valence-electron chi connectivity index (χ2n) is 5.40. The van der Waals surface area contributed by atoms with Gasteiger partial charge in [0.1, 0.15) is 0 Å². The molecular formula is C17H19BrN2. The van der Waals surface area contributed by atoms with Gasteiger partial charge in [-0.25, -0.2) is 4.98 Å². The normalized spacial score (nSPS) is 17.6. The second-order valence-corrected chi connectivity index (χ2v) is 6.26. The van der Waals surface area contributed by atoms with Crippen LogP contribution < -0.4 is 5.73 Å². The molecule has 3 rings (SSSR count). The van der Waals surface area contributed by atoms with Crippen LogP contribution in [0.15, 0.2) is 46.5 Å². The lowest BCUT2D eigenvalue weighted by atomic mass is 9.99. The zero-order chi connectivity index (χ0) is 13.9. The molecule has 1 aromatic heterocycles. The van der Waals surface area contributed by atoms with Gasteiger partial charge >= 0.3 is 0 Å². The molecule has 0 aliphatic heterocycles. The van der Waals surface area contributed by atoms with Crippen molar-refractivity contribution >= 4 is 26.8 Å². The topological polar surface area (TPSA) is 38.9 Å². The van der Waals surface area contributed by atoms with Crippen LogP contribution in [0.4, 0.5) is 0 Å². The number of para-hydroxylation sites is 1. The Morgan fingerprint density at radius 1 is 1.15 bits per heavy atom. The van der Waals surface area contributed by atoms with Crippen molar-refractivity contribution in [2.24, 2.45) is 5.73 Å². The molecule has 104 valence electrons. The van der Waals surface area contributed by atoms with Crippen LogP contribution in [0.5, 0.6) is 0 Å². The Morgan fingerprint density at radius 2 is 2.00 bits per heavy atom. The Labute approximate surface area is 128 Å². The SMILES string of the molecule is NC(C1=CCCCCC1)c1nc2ccccc2cc1Br. The van der Waals surface area contributed by atoms with E-state index in [1.165, 1.54) is 24.8 Å². The van der Waals surface area contributed by atoms with Gasteiger partial charge in [-0.05, 0) is 53.7 Å². The second kappa shape index (κ2) is 6.06. The molecule has 2 N–H and O–H groups in total. The Balaban J connectivity index is 2.00. The highest BCUT2D eigenvalue weighted by molar-refractivity contribution is 9.10. The van der Waals surface area contributed by atoms with Gasteiger partial charge in [0.25, 0.3) is 0 Å². The van der Waals surface area contributed by atoms with Crippen molar-refractivity contribution in [3.8, 4) is 0 Å². The Morgan fingerprint density at radius 3 is 2.90 bits per heavy atom. The third-order valence-corrected chi connectivity index (χ3v) is 4.61. The summed E-state index contributed by atoms with van der Waals surface area (Å²) in [6.45, 7) is 0. The summed E-state index contributed by atoms with van der Waals surface area (Å²) in [5, 5.41) is 1.14. The van der Waals surface area contributed by atoms with Crippen molar-refractivity contribution < 1.29 is 0 Å². The van der Waals surface area contributed by atoms with Gasteiger partial charge in [-0.2, -0.15) is 0 Å². The van der Waals surface area contributed by atoms with Gasteiger partial charge in [0.2, 0.25) is 0 Å². The lowest BCUT2D eigenvalue weighted by molar-refractivity contribution is 0.682. The van der Waals surface area contributed by atoms with Crippen LogP contribution in [0.25, 0.3) is 10.9 Å². The van der Waals surface area contributed by atoms with Gasteiger partial charge < -0.3 is 5.73 Å². The zero-order valence-electron chi connectivity index (χ0n) is 11.5. The highest BCUT2D eigenvalue weighted by Gasteiger charge is 2.18. The number of hydrogen-bond acceptors (Lipinski definition) is 2. The third-order valence-electron chi connectivity index (χ3n) is 3.97. The maximum Gasteiger partial charge on any atom is 0.0762 e. The Kier molecular flexibility index (Phi) is 4.18. The standard InChI is InChI=1S/C17H19BrN2/c18-14-11-13-9-5-6-10-15(13)20-17(14)16(19)12-7-3-1-2-4-8-12/h5-7,9-11,16H,1-4,8,19H2. The summed E-state index contributed by atoms with van der Waals surface area (Å²) in [6.07, 6.45) is 8.39. The quantitative estimate of drug-likeness (QED) is 0.796. The van der Waals surface area contributed by atoms with E-state index < -0.39 is 0 Å². The lowest BCUT2D eigenvalue weighted by Gasteiger charge is -2.17. The molecule has 20 heavy (non-hydrogen) atoms. The largest absolute Gasteiger partial charge is 0.319 e. The molecule has 1 unspecified atom stereocenters. The van der Waals surface area contributed by atoms with E-state index in [1.807, 2.05) is 18.2 Å². The Hall–Kier alpha value is -1.19. The first-order chi connectivity index (χ1) is 9.75. The van der Waals surface area contributed by atoms with Gasteiger partial charge in [0, 0.05) is 9.86 Å². The minimum Gasteiger partial charge on any atom is -0.319 e. The molecule has 0 radical (unpaired) electrons. The number of nitrogens with zero attached hydrogens (tertiary/aromatic N) is 1. The molecule has 0 saturated heterocycles. The number of halogens is 1. The van der Waals surface area contributed by atoms with Gasteiger partial charge in [-0.3, -0.25) is 0 Å².